The number of carbonyl (C=O) groups is 1. The van der Waals surface area contributed by atoms with Crippen molar-refractivity contribution < 1.29 is 9.90 Å². The summed E-state index contributed by atoms with van der Waals surface area (Å²) in [4.78, 5) is 11.2. The molecule has 1 amide bonds. The zero-order valence-electron chi connectivity index (χ0n) is 10.7. The Morgan fingerprint density at radius 3 is 3.00 bits per heavy atom. The molecule has 0 spiro atoms. The molecule has 106 valence electrons. The Bertz CT molecular complexity index is 612. The molecule has 0 aliphatic rings. The van der Waals surface area contributed by atoms with Crippen LogP contribution in [0.2, 0.25) is 5.02 Å². The van der Waals surface area contributed by atoms with Crippen molar-refractivity contribution in [3.63, 3.8) is 0 Å². The van der Waals surface area contributed by atoms with Crippen LogP contribution in [0.3, 0.4) is 0 Å². The first-order chi connectivity index (χ1) is 9.60. The summed E-state index contributed by atoms with van der Waals surface area (Å²) >= 11 is 5.88. The summed E-state index contributed by atoms with van der Waals surface area (Å²) in [6.07, 6.45) is 3.56. The molecule has 1 aromatic heterocycles. The Morgan fingerprint density at radius 1 is 1.50 bits per heavy atom. The molecule has 0 aliphatic carbocycles. The van der Waals surface area contributed by atoms with Gasteiger partial charge in [-0.2, -0.15) is 5.10 Å². The number of rotatable bonds is 6. The predicted octanol–water partition coefficient (Wildman–Crippen LogP) is 1.24. The Morgan fingerprint density at radius 2 is 2.30 bits per heavy atom. The van der Waals surface area contributed by atoms with Crippen LogP contribution in [0, 0.1) is 0 Å². The van der Waals surface area contributed by atoms with E-state index in [-0.39, 0.29) is 12.2 Å². The normalized spacial score (nSPS) is 10.5. The molecule has 1 aromatic carbocycles. The fourth-order valence-corrected chi connectivity index (χ4v) is 1.96. The summed E-state index contributed by atoms with van der Waals surface area (Å²) in [5.74, 6) is -0.561. The van der Waals surface area contributed by atoms with Gasteiger partial charge in [0.05, 0.1) is 29.9 Å². The lowest BCUT2D eigenvalue weighted by atomic mass is 10.2. The number of nitrogens with two attached hydrogens (primary N) is 1. The van der Waals surface area contributed by atoms with Gasteiger partial charge in [-0.25, -0.2) is 0 Å². The van der Waals surface area contributed by atoms with Crippen LogP contribution in [-0.2, 0) is 13.1 Å². The van der Waals surface area contributed by atoms with Crippen LogP contribution in [0.4, 0.5) is 5.69 Å². The van der Waals surface area contributed by atoms with E-state index in [1.165, 1.54) is 0 Å². The second-order valence-corrected chi connectivity index (χ2v) is 4.65. The standard InChI is InChI=1S/C13H15ClN4O2/c14-12-2-1-10(5-11(12)13(15)20)16-6-9-7-17-18(8-9)3-4-19/h1-2,5,7-8,16,19H,3-4,6H2,(H2,15,20). The monoisotopic (exact) mass is 294 g/mol. The lowest BCUT2D eigenvalue weighted by Crippen LogP contribution is -2.12. The lowest BCUT2D eigenvalue weighted by molar-refractivity contribution is 0.100. The molecule has 0 bridgehead atoms. The molecule has 20 heavy (non-hydrogen) atoms. The fourth-order valence-electron chi connectivity index (χ4n) is 1.75. The lowest BCUT2D eigenvalue weighted by Gasteiger charge is -2.07. The van der Waals surface area contributed by atoms with Gasteiger partial charge in [0, 0.05) is 24.0 Å². The van der Waals surface area contributed by atoms with E-state index in [9.17, 15) is 4.79 Å². The van der Waals surface area contributed by atoms with E-state index in [1.54, 1.807) is 29.1 Å². The van der Waals surface area contributed by atoms with E-state index in [4.69, 9.17) is 22.4 Å². The van der Waals surface area contributed by atoms with Crippen molar-refractivity contribution >= 4 is 23.2 Å². The van der Waals surface area contributed by atoms with Gasteiger partial charge in [0.15, 0.2) is 0 Å². The van der Waals surface area contributed by atoms with E-state index >= 15 is 0 Å². The molecule has 0 unspecified atom stereocenters. The summed E-state index contributed by atoms with van der Waals surface area (Å²) < 4.78 is 1.66. The summed E-state index contributed by atoms with van der Waals surface area (Å²) in [5, 5.41) is 16.4. The molecule has 2 rings (SSSR count). The number of aromatic nitrogens is 2. The van der Waals surface area contributed by atoms with Crippen LogP contribution >= 0.6 is 11.6 Å². The smallest absolute Gasteiger partial charge is 0.250 e. The molecule has 2 aromatic rings. The van der Waals surface area contributed by atoms with Crippen molar-refractivity contribution in [1.82, 2.24) is 9.78 Å². The van der Waals surface area contributed by atoms with E-state index in [2.05, 4.69) is 10.4 Å². The molecule has 0 saturated heterocycles. The van der Waals surface area contributed by atoms with Crippen molar-refractivity contribution in [3.05, 3.63) is 46.7 Å². The second kappa shape index (κ2) is 6.40. The predicted molar refractivity (Wildman–Crippen MR) is 76.6 cm³/mol. The molecule has 0 aliphatic heterocycles. The molecule has 1 heterocycles. The largest absolute Gasteiger partial charge is 0.394 e. The molecular formula is C13H15ClN4O2. The van der Waals surface area contributed by atoms with Crippen LogP contribution in [0.1, 0.15) is 15.9 Å². The van der Waals surface area contributed by atoms with E-state index in [1.807, 2.05) is 6.20 Å². The molecule has 0 saturated carbocycles. The number of hydrogen-bond acceptors (Lipinski definition) is 4. The number of aliphatic hydroxyl groups excluding tert-OH is 1. The fraction of sp³-hybridized carbons (Fsp3) is 0.231. The SMILES string of the molecule is NC(=O)c1cc(NCc2cnn(CCO)c2)ccc1Cl. The zero-order chi connectivity index (χ0) is 14.5. The number of nitrogens with zero attached hydrogens (tertiary/aromatic N) is 2. The summed E-state index contributed by atoms with van der Waals surface area (Å²) in [6, 6.07) is 5.01. The molecule has 0 atom stereocenters. The molecular weight excluding hydrogens is 280 g/mol. The van der Waals surface area contributed by atoms with Crippen molar-refractivity contribution in [3.8, 4) is 0 Å². The minimum atomic E-state index is -0.561. The van der Waals surface area contributed by atoms with Crippen LogP contribution < -0.4 is 11.1 Å². The Balaban J connectivity index is 2.03. The maximum absolute atomic E-state index is 11.2. The van der Waals surface area contributed by atoms with Crippen LogP contribution in [-0.4, -0.2) is 27.4 Å². The highest BCUT2D eigenvalue weighted by Gasteiger charge is 2.07. The summed E-state index contributed by atoms with van der Waals surface area (Å²) in [7, 11) is 0. The molecule has 4 N–H and O–H groups in total. The number of hydrogen-bond donors (Lipinski definition) is 3. The van der Waals surface area contributed by atoms with Gasteiger partial charge in [-0.05, 0) is 18.2 Å². The third-order valence-electron chi connectivity index (χ3n) is 2.74. The van der Waals surface area contributed by atoms with Gasteiger partial charge in [0.2, 0.25) is 5.91 Å². The number of anilines is 1. The molecule has 6 nitrogen and oxygen atoms in total. The first-order valence-corrected chi connectivity index (χ1v) is 6.43. The van der Waals surface area contributed by atoms with Gasteiger partial charge in [-0.3, -0.25) is 9.48 Å². The van der Waals surface area contributed by atoms with Gasteiger partial charge in [0.1, 0.15) is 0 Å². The van der Waals surface area contributed by atoms with Crippen LogP contribution in [0.5, 0.6) is 0 Å². The summed E-state index contributed by atoms with van der Waals surface area (Å²) in [6.45, 7) is 1.06. The van der Waals surface area contributed by atoms with Crippen molar-refractivity contribution in [2.24, 2.45) is 5.73 Å². The molecule has 7 heteroatoms. The third-order valence-corrected chi connectivity index (χ3v) is 3.07. The van der Waals surface area contributed by atoms with E-state index < -0.39 is 5.91 Å². The van der Waals surface area contributed by atoms with E-state index in [0.717, 1.165) is 11.3 Å². The number of primary amides is 1. The van der Waals surface area contributed by atoms with Crippen LogP contribution in [0.25, 0.3) is 0 Å². The third kappa shape index (κ3) is 3.49. The average Bonchev–Trinajstić information content (AvgIpc) is 2.86. The van der Waals surface area contributed by atoms with E-state index in [0.29, 0.717) is 18.1 Å². The number of benzene rings is 1. The maximum atomic E-state index is 11.2. The minimum absolute atomic E-state index is 0.0493. The van der Waals surface area contributed by atoms with Gasteiger partial charge in [-0.15, -0.1) is 0 Å². The van der Waals surface area contributed by atoms with Gasteiger partial charge in [-0.1, -0.05) is 11.6 Å². The number of nitrogens with one attached hydrogen (secondary N) is 1. The minimum Gasteiger partial charge on any atom is -0.394 e. The number of carbonyl (C=O) groups excluding carboxylic acids is 1. The number of aliphatic hydroxyl groups is 1. The Hall–Kier alpha value is -2.05. The quantitative estimate of drug-likeness (QED) is 0.747. The highest BCUT2D eigenvalue weighted by molar-refractivity contribution is 6.33. The van der Waals surface area contributed by atoms with Crippen LogP contribution in [0.15, 0.2) is 30.6 Å². The average molecular weight is 295 g/mol. The zero-order valence-corrected chi connectivity index (χ0v) is 11.5. The second-order valence-electron chi connectivity index (χ2n) is 4.25. The number of halogens is 1. The first kappa shape index (κ1) is 14.4. The summed E-state index contributed by atoms with van der Waals surface area (Å²) in [5.41, 5.74) is 7.24. The molecule has 0 fully saturated rings. The topological polar surface area (TPSA) is 93.2 Å². The molecule has 0 radical (unpaired) electrons. The van der Waals surface area contributed by atoms with Gasteiger partial charge in [0.25, 0.3) is 0 Å². The Labute approximate surface area is 121 Å². The highest BCUT2D eigenvalue weighted by Crippen LogP contribution is 2.20. The highest BCUT2D eigenvalue weighted by atomic mass is 35.5. The Kier molecular flexibility index (Phi) is 4.60. The van der Waals surface area contributed by atoms with Gasteiger partial charge < -0.3 is 16.2 Å². The van der Waals surface area contributed by atoms with Gasteiger partial charge >= 0.3 is 0 Å². The van der Waals surface area contributed by atoms with Crippen molar-refractivity contribution in [2.75, 3.05) is 11.9 Å². The maximum Gasteiger partial charge on any atom is 0.250 e. The first-order valence-electron chi connectivity index (χ1n) is 6.05. The van der Waals surface area contributed by atoms with Crippen molar-refractivity contribution in [2.45, 2.75) is 13.1 Å². The van der Waals surface area contributed by atoms with Crippen molar-refractivity contribution in [1.29, 1.82) is 0 Å². The number of amides is 1.